The van der Waals surface area contributed by atoms with Crippen molar-refractivity contribution < 1.29 is 13.5 Å². The van der Waals surface area contributed by atoms with Crippen molar-refractivity contribution in [1.29, 1.82) is 0 Å². The Balaban J connectivity index is 3.30. The number of rotatable bonds is 3. The zero-order valence-electron chi connectivity index (χ0n) is 12.2. The monoisotopic (exact) mass is 307 g/mol. The summed E-state index contributed by atoms with van der Waals surface area (Å²) in [5, 5.41) is -0.397. The van der Waals surface area contributed by atoms with Gasteiger partial charge in [-0.3, -0.25) is 0 Å². The molecule has 0 fully saturated rings. The minimum Gasteiger partial charge on any atom is -0.483 e. The van der Waals surface area contributed by atoms with Crippen molar-refractivity contribution in [2.24, 2.45) is 0 Å². The van der Waals surface area contributed by atoms with Gasteiger partial charge >= 0.3 is 0 Å². The summed E-state index contributed by atoms with van der Waals surface area (Å²) in [6, 6.07) is 0.438. The predicted octanol–water partition coefficient (Wildman–Crippen LogP) is 4.61. The Bertz CT molecular complexity index is 481. The normalized spacial score (nSPS) is 12.7. The number of hydrogen-bond acceptors (Lipinski definition) is 2. The third kappa shape index (κ3) is 4.73. The Kier molecular flexibility index (Phi) is 4.62. The van der Waals surface area contributed by atoms with Crippen LogP contribution in [-0.2, 0) is 6.04 Å². The maximum atomic E-state index is 14.4. The molecule has 1 aromatic heterocycles. The SMILES string of the molecule is CC(C)(C)Oc1c(F)c(C[Si](C)(C)C)nc(F)c1Cl. The second-order valence-electron chi connectivity index (χ2n) is 6.76. The number of aromatic nitrogens is 1. The molecule has 0 bridgehead atoms. The van der Waals surface area contributed by atoms with Gasteiger partial charge in [-0.05, 0) is 26.8 Å². The molecule has 108 valence electrons. The van der Waals surface area contributed by atoms with E-state index in [1.54, 1.807) is 20.8 Å². The molecule has 0 saturated carbocycles. The van der Waals surface area contributed by atoms with Gasteiger partial charge in [0.15, 0.2) is 11.6 Å². The fourth-order valence-corrected chi connectivity index (χ4v) is 2.96. The van der Waals surface area contributed by atoms with Crippen LogP contribution in [0.2, 0.25) is 24.7 Å². The third-order valence-corrected chi connectivity index (χ3v) is 3.90. The lowest BCUT2D eigenvalue weighted by atomic mass is 10.2. The van der Waals surface area contributed by atoms with Crippen molar-refractivity contribution in [3.05, 3.63) is 22.5 Å². The molecule has 0 spiro atoms. The summed E-state index contributed by atoms with van der Waals surface area (Å²) >= 11 is 5.76. The number of nitrogens with zero attached hydrogens (tertiary/aromatic N) is 1. The van der Waals surface area contributed by atoms with E-state index in [2.05, 4.69) is 24.6 Å². The van der Waals surface area contributed by atoms with E-state index in [4.69, 9.17) is 16.3 Å². The van der Waals surface area contributed by atoms with Crippen molar-refractivity contribution in [1.82, 2.24) is 4.98 Å². The van der Waals surface area contributed by atoms with Crippen molar-refractivity contribution >= 4 is 19.7 Å². The molecule has 2 nitrogen and oxygen atoms in total. The molecule has 6 heteroatoms. The van der Waals surface area contributed by atoms with Gasteiger partial charge in [0.05, 0.1) is 13.8 Å². The van der Waals surface area contributed by atoms with Gasteiger partial charge in [0, 0.05) is 0 Å². The molecule has 0 atom stereocenters. The number of ether oxygens (including phenoxy) is 1. The zero-order valence-corrected chi connectivity index (χ0v) is 14.0. The molecule has 0 aliphatic heterocycles. The number of pyridine rings is 1. The van der Waals surface area contributed by atoms with Crippen LogP contribution in [0, 0.1) is 11.8 Å². The summed E-state index contributed by atoms with van der Waals surface area (Å²) in [4.78, 5) is 3.63. The number of halogens is 3. The minimum absolute atomic E-state index is 0.0975. The van der Waals surface area contributed by atoms with E-state index in [0.29, 0.717) is 6.04 Å². The van der Waals surface area contributed by atoms with E-state index >= 15 is 0 Å². The lowest BCUT2D eigenvalue weighted by molar-refractivity contribution is 0.123. The molecule has 0 aliphatic carbocycles. The number of hydrogen-bond donors (Lipinski definition) is 0. The Labute approximate surface area is 119 Å². The predicted molar refractivity (Wildman–Crippen MR) is 76.6 cm³/mol. The van der Waals surface area contributed by atoms with E-state index in [-0.39, 0.29) is 11.4 Å². The lowest BCUT2D eigenvalue weighted by Crippen LogP contribution is -2.27. The second kappa shape index (κ2) is 5.36. The first-order chi connectivity index (χ1) is 8.41. The van der Waals surface area contributed by atoms with E-state index in [9.17, 15) is 8.78 Å². The van der Waals surface area contributed by atoms with Crippen LogP contribution >= 0.6 is 11.6 Å². The van der Waals surface area contributed by atoms with Gasteiger partial charge in [0.2, 0.25) is 5.95 Å². The van der Waals surface area contributed by atoms with Crippen LogP contribution in [0.15, 0.2) is 0 Å². The smallest absolute Gasteiger partial charge is 0.235 e. The molecule has 0 unspecified atom stereocenters. The molecular weight excluding hydrogens is 288 g/mol. The highest BCUT2D eigenvalue weighted by Gasteiger charge is 2.27. The van der Waals surface area contributed by atoms with Gasteiger partial charge in [0.1, 0.15) is 10.6 Å². The second-order valence-corrected chi connectivity index (χ2v) is 12.6. The van der Waals surface area contributed by atoms with E-state index in [1.165, 1.54) is 0 Å². The summed E-state index contributed by atoms with van der Waals surface area (Å²) in [7, 11) is -1.62. The summed E-state index contributed by atoms with van der Waals surface area (Å²) in [6.45, 7) is 11.4. The van der Waals surface area contributed by atoms with Gasteiger partial charge in [0.25, 0.3) is 0 Å². The summed E-state index contributed by atoms with van der Waals surface area (Å²) in [5.41, 5.74) is -0.561. The lowest BCUT2D eigenvalue weighted by Gasteiger charge is -2.24. The van der Waals surface area contributed by atoms with Crippen LogP contribution in [0.4, 0.5) is 8.78 Å². The molecule has 0 aliphatic rings. The molecule has 0 N–H and O–H groups in total. The van der Waals surface area contributed by atoms with Crippen molar-refractivity contribution in [2.45, 2.75) is 52.1 Å². The van der Waals surface area contributed by atoms with Gasteiger partial charge in [-0.2, -0.15) is 4.39 Å². The average Bonchev–Trinajstić information content (AvgIpc) is 2.17. The minimum atomic E-state index is -1.62. The maximum absolute atomic E-state index is 14.4. The third-order valence-electron chi connectivity index (χ3n) is 2.17. The van der Waals surface area contributed by atoms with Gasteiger partial charge in [-0.25, -0.2) is 9.37 Å². The quantitative estimate of drug-likeness (QED) is 0.601. The largest absolute Gasteiger partial charge is 0.483 e. The topological polar surface area (TPSA) is 22.1 Å². The van der Waals surface area contributed by atoms with E-state index in [0.717, 1.165) is 0 Å². The van der Waals surface area contributed by atoms with E-state index < -0.39 is 30.5 Å². The molecule has 0 aromatic carbocycles. The first kappa shape index (κ1) is 16.4. The average molecular weight is 308 g/mol. The Morgan fingerprint density at radius 2 is 1.74 bits per heavy atom. The fourth-order valence-electron chi connectivity index (χ4n) is 1.55. The highest BCUT2D eigenvalue weighted by molar-refractivity contribution is 6.75. The van der Waals surface area contributed by atoms with Crippen LogP contribution in [0.1, 0.15) is 26.5 Å². The van der Waals surface area contributed by atoms with Crippen LogP contribution < -0.4 is 4.74 Å². The summed E-state index contributed by atoms with van der Waals surface area (Å²) in [5.74, 6) is -1.77. The van der Waals surface area contributed by atoms with Crippen molar-refractivity contribution in [3.63, 3.8) is 0 Å². The first-order valence-corrected chi connectivity index (χ1v) is 10.2. The zero-order chi connectivity index (χ0) is 15.0. The molecule has 1 heterocycles. The summed E-state index contributed by atoms with van der Waals surface area (Å²) < 4.78 is 33.5. The van der Waals surface area contributed by atoms with Crippen LogP contribution in [0.5, 0.6) is 5.75 Å². The van der Waals surface area contributed by atoms with Crippen LogP contribution in [0.25, 0.3) is 0 Å². The van der Waals surface area contributed by atoms with Crippen LogP contribution in [0.3, 0.4) is 0 Å². The Morgan fingerprint density at radius 3 is 2.16 bits per heavy atom. The highest BCUT2D eigenvalue weighted by Crippen LogP contribution is 2.34. The maximum Gasteiger partial charge on any atom is 0.235 e. The molecule has 0 saturated heterocycles. The van der Waals surface area contributed by atoms with Crippen molar-refractivity contribution in [3.8, 4) is 5.75 Å². The van der Waals surface area contributed by atoms with Crippen LogP contribution in [-0.4, -0.2) is 18.7 Å². The molecule has 1 aromatic rings. The molecular formula is C13H20ClF2NOSi. The van der Waals surface area contributed by atoms with Crippen molar-refractivity contribution in [2.75, 3.05) is 0 Å². The highest BCUT2D eigenvalue weighted by atomic mass is 35.5. The molecule has 1 rings (SSSR count). The van der Waals surface area contributed by atoms with Gasteiger partial charge in [-0.1, -0.05) is 31.2 Å². The standard InChI is InChI=1S/C13H20ClF2NOSi/c1-13(2,3)18-11-9(14)12(16)17-8(10(11)15)7-19(4,5)6/h7H2,1-6H3. The molecule has 0 radical (unpaired) electrons. The van der Waals surface area contributed by atoms with Gasteiger partial charge < -0.3 is 4.74 Å². The van der Waals surface area contributed by atoms with E-state index in [1.807, 2.05) is 0 Å². The fraction of sp³-hybridized carbons (Fsp3) is 0.615. The van der Waals surface area contributed by atoms with Gasteiger partial charge in [-0.15, -0.1) is 0 Å². The Morgan fingerprint density at radius 1 is 1.21 bits per heavy atom. The molecule has 19 heavy (non-hydrogen) atoms. The summed E-state index contributed by atoms with van der Waals surface area (Å²) in [6.07, 6.45) is 0. The first-order valence-electron chi connectivity index (χ1n) is 6.13. The Hall–Kier alpha value is -0.683. The molecule has 0 amide bonds.